The third-order valence-electron chi connectivity index (χ3n) is 6.33. The molecule has 0 spiro atoms. The molecule has 0 radical (unpaired) electrons. The lowest BCUT2D eigenvalue weighted by molar-refractivity contribution is -0.120. The summed E-state index contributed by atoms with van der Waals surface area (Å²) < 4.78 is 1.79. The lowest BCUT2D eigenvalue weighted by Crippen LogP contribution is -2.42. The molecule has 1 amide bonds. The Bertz CT molecular complexity index is 1090. The molecule has 7 heteroatoms. The number of hydrogen-bond donors (Lipinski definition) is 1. The molecule has 1 fully saturated rings. The maximum absolute atomic E-state index is 13.0. The van der Waals surface area contributed by atoms with Crippen molar-refractivity contribution in [1.82, 2.24) is 19.6 Å². The molecule has 1 aliphatic carbocycles. The molecular weight excluding hydrogens is 364 g/mol. The van der Waals surface area contributed by atoms with Gasteiger partial charge in [0.15, 0.2) is 0 Å². The Hall–Kier alpha value is -2.96. The van der Waals surface area contributed by atoms with Crippen LogP contribution in [0.25, 0.3) is 5.78 Å². The van der Waals surface area contributed by atoms with Crippen molar-refractivity contribution >= 4 is 23.2 Å². The zero-order chi connectivity index (χ0) is 20.0. The number of rotatable bonds is 3. The molecule has 5 rings (SSSR count). The number of benzene rings is 1. The van der Waals surface area contributed by atoms with E-state index in [4.69, 9.17) is 0 Å². The highest BCUT2D eigenvalue weighted by Crippen LogP contribution is 2.29. The van der Waals surface area contributed by atoms with Gasteiger partial charge in [-0.25, -0.2) is 4.98 Å². The Morgan fingerprint density at radius 2 is 2.03 bits per heavy atom. The van der Waals surface area contributed by atoms with Gasteiger partial charge < -0.3 is 10.2 Å². The summed E-state index contributed by atoms with van der Waals surface area (Å²) in [5, 5.41) is 7.53. The number of hydrogen-bond acceptors (Lipinski definition) is 5. The molecule has 1 aliphatic heterocycles. The number of anilines is 2. The molecule has 0 bridgehead atoms. The summed E-state index contributed by atoms with van der Waals surface area (Å²) in [6.45, 7) is 5.64. The first-order chi connectivity index (χ1) is 14.1. The maximum Gasteiger partial charge on any atom is 0.254 e. The van der Waals surface area contributed by atoms with E-state index in [0.29, 0.717) is 12.3 Å². The number of aryl methyl sites for hydroxylation is 3. The van der Waals surface area contributed by atoms with Gasteiger partial charge in [0.2, 0.25) is 5.91 Å². The Balaban J connectivity index is 1.36. The zero-order valence-electron chi connectivity index (χ0n) is 17.0. The number of carbonyl (C=O) groups is 1. The van der Waals surface area contributed by atoms with E-state index in [9.17, 15) is 4.79 Å². The Labute approximate surface area is 170 Å². The fourth-order valence-electron chi connectivity index (χ4n) is 4.66. The van der Waals surface area contributed by atoms with E-state index >= 15 is 0 Å². The second-order valence-corrected chi connectivity index (χ2v) is 8.23. The highest BCUT2D eigenvalue weighted by molar-refractivity contribution is 5.93. The van der Waals surface area contributed by atoms with Crippen molar-refractivity contribution in [3.8, 4) is 0 Å². The third kappa shape index (κ3) is 3.24. The predicted octanol–water partition coefficient (Wildman–Crippen LogP) is 3.08. The highest BCUT2D eigenvalue weighted by Gasteiger charge is 2.29. The van der Waals surface area contributed by atoms with Gasteiger partial charge in [-0.2, -0.15) is 14.6 Å². The van der Waals surface area contributed by atoms with Gasteiger partial charge in [0, 0.05) is 30.0 Å². The van der Waals surface area contributed by atoms with Crippen molar-refractivity contribution in [1.29, 1.82) is 0 Å². The molecule has 0 unspecified atom stereocenters. The molecule has 3 aromatic rings. The van der Waals surface area contributed by atoms with Gasteiger partial charge in [0.1, 0.15) is 12.1 Å². The van der Waals surface area contributed by atoms with Crippen molar-refractivity contribution in [2.24, 2.45) is 5.92 Å². The molecular formula is C22H26N6O. The van der Waals surface area contributed by atoms with Gasteiger partial charge in [-0.15, -0.1) is 0 Å². The molecule has 29 heavy (non-hydrogen) atoms. The molecule has 0 saturated carbocycles. The lowest BCUT2D eigenvalue weighted by atomic mass is 9.96. The minimum atomic E-state index is -0.0524. The molecule has 3 heterocycles. The molecule has 1 N–H and O–H groups in total. The van der Waals surface area contributed by atoms with Crippen LogP contribution in [0.5, 0.6) is 0 Å². The smallest absolute Gasteiger partial charge is 0.254 e. The molecule has 150 valence electrons. The van der Waals surface area contributed by atoms with Crippen molar-refractivity contribution in [2.45, 2.75) is 46.0 Å². The van der Waals surface area contributed by atoms with Crippen LogP contribution < -0.4 is 10.2 Å². The minimum Gasteiger partial charge on any atom is -0.355 e. The molecule has 2 aromatic heterocycles. The quantitative estimate of drug-likeness (QED) is 0.744. The van der Waals surface area contributed by atoms with Gasteiger partial charge in [0.25, 0.3) is 5.78 Å². The van der Waals surface area contributed by atoms with E-state index < -0.39 is 0 Å². The fourth-order valence-corrected chi connectivity index (χ4v) is 4.66. The number of piperidine rings is 1. The van der Waals surface area contributed by atoms with Gasteiger partial charge in [-0.3, -0.25) is 4.79 Å². The summed E-state index contributed by atoms with van der Waals surface area (Å²) in [6.07, 6.45) is 6.89. The Morgan fingerprint density at radius 3 is 2.93 bits per heavy atom. The average Bonchev–Trinajstić information content (AvgIpc) is 3.37. The Kier molecular flexibility index (Phi) is 4.45. The zero-order valence-corrected chi connectivity index (χ0v) is 17.0. The Morgan fingerprint density at radius 1 is 1.17 bits per heavy atom. The largest absolute Gasteiger partial charge is 0.355 e. The summed E-state index contributed by atoms with van der Waals surface area (Å²) in [4.78, 5) is 24.1. The summed E-state index contributed by atoms with van der Waals surface area (Å²) in [5.74, 6) is 1.65. The van der Waals surface area contributed by atoms with E-state index in [-0.39, 0.29) is 11.8 Å². The van der Waals surface area contributed by atoms with Crippen LogP contribution in [0.15, 0.2) is 24.5 Å². The summed E-state index contributed by atoms with van der Waals surface area (Å²) in [5.41, 5.74) is 5.76. The second kappa shape index (κ2) is 7.13. The van der Waals surface area contributed by atoms with Crippen LogP contribution in [0.4, 0.5) is 11.5 Å². The number of nitrogens with one attached hydrogen (secondary N) is 1. The monoisotopic (exact) mass is 390 g/mol. The summed E-state index contributed by atoms with van der Waals surface area (Å²) >= 11 is 0. The number of aromatic nitrogens is 4. The van der Waals surface area contributed by atoms with E-state index in [2.05, 4.69) is 44.3 Å². The fraction of sp³-hybridized carbons (Fsp3) is 0.455. The number of fused-ring (bicyclic) bond motifs is 2. The first-order valence-corrected chi connectivity index (χ1v) is 10.4. The first-order valence-electron chi connectivity index (χ1n) is 10.4. The normalized spacial score (nSPS) is 18.8. The first kappa shape index (κ1) is 18.1. The van der Waals surface area contributed by atoms with E-state index in [1.165, 1.54) is 23.9 Å². The van der Waals surface area contributed by atoms with Crippen LogP contribution in [0.3, 0.4) is 0 Å². The lowest BCUT2D eigenvalue weighted by Gasteiger charge is -2.34. The molecule has 1 saturated heterocycles. The van der Waals surface area contributed by atoms with E-state index in [1.807, 2.05) is 13.0 Å². The number of nitrogens with zero attached hydrogens (tertiary/aromatic N) is 5. The van der Waals surface area contributed by atoms with Crippen LogP contribution in [-0.4, -0.2) is 38.6 Å². The van der Waals surface area contributed by atoms with Crippen molar-refractivity contribution < 1.29 is 4.79 Å². The molecule has 1 aromatic carbocycles. The predicted molar refractivity (Wildman–Crippen MR) is 112 cm³/mol. The van der Waals surface area contributed by atoms with Crippen molar-refractivity contribution in [3.63, 3.8) is 0 Å². The number of carbonyl (C=O) groups excluding carboxylic acids is 1. The summed E-state index contributed by atoms with van der Waals surface area (Å²) in [7, 11) is 0. The molecule has 1 atom stereocenters. The summed E-state index contributed by atoms with van der Waals surface area (Å²) in [6, 6.07) is 6.35. The van der Waals surface area contributed by atoms with Crippen LogP contribution in [0.2, 0.25) is 0 Å². The topological polar surface area (TPSA) is 75.4 Å². The molecule has 2 aliphatic rings. The number of amides is 1. The van der Waals surface area contributed by atoms with Gasteiger partial charge >= 0.3 is 0 Å². The average molecular weight is 390 g/mol. The SMILES string of the molecule is Cc1nc2ncnn2c(N2CCC[C@@H](C(=O)Nc3ccc4c(c3)CCC4)C2)c1C. The van der Waals surface area contributed by atoms with Gasteiger partial charge in [-0.05, 0) is 69.2 Å². The molecule has 7 nitrogen and oxygen atoms in total. The van der Waals surface area contributed by atoms with Crippen molar-refractivity contribution in [3.05, 3.63) is 46.9 Å². The van der Waals surface area contributed by atoms with Crippen LogP contribution in [0.1, 0.15) is 41.6 Å². The second-order valence-electron chi connectivity index (χ2n) is 8.23. The van der Waals surface area contributed by atoms with Gasteiger partial charge in [0.05, 0.1) is 5.92 Å². The van der Waals surface area contributed by atoms with Crippen LogP contribution >= 0.6 is 0 Å². The third-order valence-corrected chi connectivity index (χ3v) is 6.33. The van der Waals surface area contributed by atoms with E-state index in [0.717, 1.165) is 55.0 Å². The minimum absolute atomic E-state index is 0.0524. The van der Waals surface area contributed by atoms with Crippen LogP contribution in [0, 0.1) is 19.8 Å². The maximum atomic E-state index is 13.0. The van der Waals surface area contributed by atoms with E-state index in [1.54, 1.807) is 4.52 Å². The van der Waals surface area contributed by atoms with Gasteiger partial charge in [-0.1, -0.05) is 6.07 Å². The highest BCUT2D eigenvalue weighted by atomic mass is 16.1. The standard InChI is InChI=1S/C22H26N6O/c1-14-15(2)25-22-23-13-24-28(22)21(14)27-10-4-7-18(12-27)20(29)26-19-9-8-16-5-3-6-17(16)11-19/h8-9,11,13,18H,3-7,10,12H2,1-2H3,(H,26,29)/t18-/m1/s1. The van der Waals surface area contributed by atoms with Crippen molar-refractivity contribution in [2.75, 3.05) is 23.3 Å². The van der Waals surface area contributed by atoms with Crippen LogP contribution in [-0.2, 0) is 17.6 Å².